The van der Waals surface area contributed by atoms with Crippen molar-refractivity contribution in [3.63, 3.8) is 0 Å². The highest BCUT2D eigenvalue weighted by Gasteiger charge is 2.26. The Morgan fingerprint density at radius 3 is 2.74 bits per heavy atom. The zero-order valence-corrected chi connectivity index (χ0v) is 21.3. The van der Waals surface area contributed by atoms with Crippen LogP contribution in [0.1, 0.15) is 38.3 Å². The highest BCUT2D eigenvalue weighted by molar-refractivity contribution is 5.97. The Labute approximate surface area is 224 Å². The van der Waals surface area contributed by atoms with Crippen molar-refractivity contribution >= 4 is 39.5 Å². The van der Waals surface area contributed by atoms with Gasteiger partial charge in [0.15, 0.2) is 28.5 Å². The van der Waals surface area contributed by atoms with Gasteiger partial charge in [0.25, 0.3) is 0 Å². The molecule has 1 unspecified atom stereocenters. The van der Waals surface area contributed by atoms with Crippen LogP contribution in [0.25, 0.3) is 33.2 Å². The Bertz CT molecular complexity index is 1710. The molecule has 8 rings (SSSR count). The van der Waals surface area contributed by atoms with Crippen LogP contribution in [-0.4, -0.2) is 43.9 Å². The molecular weight excluding hydrogens is 494 g/mol. The molecule has 0 spiro atoms. The van der Waals surface area contributed by atoms with Gasteiger partial charge in [-0.25, -0.2) is 4.98 Å². The monoisotopic (exact) mass is 521 g/mol. The SMILES string of the molecule is c1cc(-c2ccc3c(c2)OCO3)c2cc(Nc3nc(NC4CC4)c4ncn(C5CCCCO5)c4n3)ccc2n1. The molecule has 0 amide bonds. The zero-order chi connectivity index (χ0) is 25.8. The Morgan fingerprint density at radius 1 is 0.897 bits per heavy atom. The molecule has 196 valence electrons. The molecule has 0 bridgehead atoms. The van der Waals surface area contributed by atoms with Crippen LogP contribution in [-0.2, 0) is 4.74 Å². The van der Waals surface area contributed by atoms with Crippen LogP contribution >= 0.6 is 0 Å². The summed E-state index contributed by atoms with van der Waals surface area (Å²) in [7, 11) is 0. The van der Waals surface area contributed by atoms with Crippen LogP contribution in [0.4, 0.5) is 17.5 Å². The number of nitrogens with zero attached hydrogens (tertiary/aromatic N) is 5. The third kappa shape index (κ3) is 4.17. The first-order valence-corrected chi connectivity index (χ1v) is 13.5. The molecule has 0 radical (unpaired) electrons. The fourth-order valence-corrected chi connectivity index (χ4v) is 5.32. The maximum absolute atomic E-state index is 6.05. The molecule has 1 aliphatic carbocycles. The number of imidazole rings is 1. The number of fused-ring (bicyclic) bond motifs is 3. The maximum Gasteiger partial charge on any atom is 0.231 e. The van der Waals surface area contributed by atoms with Crippen molar-refractivity contribution in [2.45, 2.75) is 44.4 Å². The summed E-state index contributed by atoms with van der Waals surface area (Å²) in [5, 5.41) is 8.00. The third-order valence-electron chi connectivity index (χ3n) is 7.49. The fourth-order valence-electron chi connectivity index (χ4n) is 5.32. The van der Waals surface area contributed by atoms with Crippen molar-refractivity contribution in [3.8, 4) is 22.6 Å². The average molecular weight is 522 g/mol. The minimum Gasteiger partial charge on any atom is -0.454 e. The lowest BCUT2D eigenvalue weighted by Crippen LogP contribution is -2.18. The standard InChI is InChI=1S/C29H27N7O3/c1-2-12-37-25(3-1)36-15-31-26-27(32-18-5-6-18)34-29(35-28(26)36)33-19-7-8-22-21(14-19)20(10-11-30-22)17-4-9-23-24(13-17)39-16-38-23/h4,7-11,13-15,18,25H,1-3,5-6,12,16H2,(H2,32,33,34,35). The summed E-state index contributed by atoms with van der Waals surface area (Å²) in [4.78, 5) is 19.0. The van der Waals surface area contributed by atoms with E-state index in [9.17, 15) is 0 Å². The largest absolute Gasteiger partial charge is 0.454 e. The molecule has 2 aromatic carbocycles. The molecule has 3 aromatic heterocycles. The minimum absolute atomic E-state index is 0.0590. The molecule has 1 saturated heterocycles. The molecule has 5 heterocycles. The van der Waals surface area contributed by atoms with Crippen molar-refractivity contribution in [2.75, 3.05) is 24.0 Å². The number of nitrogens with one attached hydrogen (secondary N) is 2. The van der Waals surface area contributed by atoms with Crippen LogP contribution in [0.15, 0.2) is 55.0 Å². The second kappa shape index (κ2) is 9.09. The van der Waals surface area contributed by atoms with Crippen molar-refractivity contribution in [1.82, 2.24) is 24.5 Å². The van der Waals surface area contributed by atoms with Crippen LogP contribution in [0, 0.1) is 0 Å². The first-order chi connectivity index (χ1) is 19.3. The van der Waals surface area contributed by atoms with Crippen molar-refractivity contribution in [1.29, 1.82) is 0 Å². The molecule has 5 aromatic rings. The molecule has 10 nitrogen and oxygen atoms in total. The van der Waals surface area contributed by atoms with Crippen LogP contribution in [0.3, 0.4) is 0 Å². The number of benzene rings is 2. The molecule has 10 heteroatoms. The third-order valence-corrected chi connectivity index (χ3v) is 7.49. The minimum atomic E-state index is -0.0590. The molecule has 1 atom stereocenters. The number of pyridine rings is 1. The van der Waals surface area contributed by atoms with Gasteiger partial charge in [0, 0.05) is 29.9 Å². The normalized spacial score (nSPS) is 18.5. The quantitative estimate of drug-likeness (QED) is 0.287. The van der Waals surface area contributed by atoms with Gasteiger partial charge in [-0.2, -0.15) is 9.97 Å². The fraction of sp³-hybridized carbons (Fsp3) is 0.310. The van der Waals surface area contributed by atoms with Crippen molar-refractivity contribution in [2.24, 2.45) is 0 Å². The van der Waals surface area contributed by atoms with Gasteiger partial charge in [0.1, 0.15) is 6.23 Å². The highest BCUT2D eigenvalue weighted by atomic mass is 16.7. The van der Waals surface area contributed by atoms with Crippen molar-refractivity contribution < 1.29 is 14.2 Å². The van der Waals surface area contributed by atoms with E-state index >= 15 is 0 Å². The second-order valence-corrected chi connectivity index (χ2v) is 10.2. The summed E-state index contributed by atoms with van der Waals surface area (Å²) in [5.41, 5.74) is 5.40. The molecule has 2 aliphatic heterocycles. The van der Waals surface area contributed by atoms with Crippen LogP contribution in [0.5, 0.6) is 11.5 Å². The van der Waals surface area contributed by atoms with Gasteiger partial charge in [-0.15, -0.1) is 0 Å². The van der Waals surface area contributed by atoms with E-state index < -0.39 is 0 Å². The molecule has 2 N–H and O–H groups in total. The van der Waals surface area contributed by atoms with Gasteiger partial charge in [0.2, 0.25) is 12.7 Å². The van der Waals surface area contributed by atoms with Crippen LogP contribution < -0.4 is 20.1 Å². The lowest BCUT2D eigenvalue weighted by molar-refractivity contribution is -0.0298. The topological polar surface area (TPSA) is 108 Å². The summed E-state index contributed by atoms with van der Waals surface area (Å²) in [5.74, 6) is 2.78. The first kappa shape index (κ1) is 22.5. The van der Waals surface area contributed by atoms with Gasteiger partial charge < -0.3 is 24.8 Å². The summed E-state index contributed by atoms with van der Waals surface area (Å²) >= 11 is 0. The number of aromatic nitrogens is 5. The Balaban J connectivity index is 1.18. The number of hydrogen-bond acceptors (Lipinski definition) is 9. The summed E-state index contributed by atoms with van der Waals surface area (Å²) in [6.07, 6.45) is 9.05. The summed E-state index contributed by atoms with van der Waals surface area (Å²) < 4.78 is 19.2. The second-order valence-electron chi connectivity index (χ2n) is 10.2. The van der Waals surface area contributed by atoms with E-state index in [0.717, 1.165) is 94.9 Å². The van der Waals surface area contributed by atoms with E-state index in [2.05, 4.69) is 26.7 Å². The molecule has 39 heavy (non-hydrogen) atoms. The lowest BCUT2D eigenvalue weighted by Gasteiger charge is -2.24. The van der Waals surface area contributed by atoms with E-state index in [1.807, 2.05) is 53.5 Å². The molecule has 2 fully saturated rings. The predicted octanol–water partition coefficient (Wildman–Crippen LogP) is 5.79. The number of anilines is 3. The van der Waals surface area contributed by atoms with Crippen LogP contribution in [0.2, 0.25) is 0 Å². The Hall–Kier alpha value is -4.44. The number of hydrogen-bond donors (Lipinski definition) is 2. The van der Waals surface area contributed by atoms with Gasteiger partial charge in [-0.1, -0.05) is 6.07 Å². The van der Waals surface area contributed by atoms with Gasteiger partial charge in [-0.05, 0) is 79.6 Å². The predicted molar refractivity (Wildman–Crippen MR) is 147 cm³/mol. The highest BCUT2D eigenvalue weighted by Crippen LogP contribution is 2.38. The summed E-state index contributed by atoms with van der Waals surface area (Å²) in [6.45, 7) is 1.00. The molecule has 1 saturated carbocycles. The zero-order valence-electron chi connectivity index (χ0n) is 21.3. The maximum atomic E-state index is 6.05. The number of rotatable bonds is 6. The van der Waals surface area contributed by atoms with E-state index in [1.165, 1.54) is 0 Å². The number of ether oxygens (including phenoxy) is 3. The summed E-state index contributed by atoms with van der Waals surface area (Å²) in [6, 6.07) is 14.6. The van der Waals surface area contributed by atoms with Crippen molar-refractivity contribution in [3.05, 3.63) is 55.0 Å². The van der Waals surface area contributed by atoms with E-state index in [-0.39, 0.29) is 13.0 Å². The molecular formula is C29H27N7O3. The van der Waals surface area contributed by atoms with Gasteiger partial charge in [0.05, 0.1) is 11.8 Å². The Morgan fingerprint density at radius 2 is 1.85 bits per heavy atom. The Kier molecular flexibility index (Phi) is 5.25. The van der Waals surface area contributed by atoms with E-state index in [4.69, 9.17) is 24.2 Å². The first-order valence-electron chi connectivity index (χ1n) is 13.5. The lowest BCUT2D eigenvalue weighted by atomic mass is 10.0. The van der Waals surface area contributed by atoms with E-state index in [0.29, 0.717) is 12.0 Å². The van der Waals surface area contributed by atoms with E-state index in [1.54, 1.807) is 0 Å². The average Bonchev–Trinajstić information content (AvgIpc) is 3.48. The smallest absolute Gasteiger partial charge is 0.231 e. The van der Waals surface area contributed by atoms with Gasteiger partial charge in [-0.3, -0.25) is 9.55 Å². The molecule has 3 aliphatic rings. The van der Waals surface area contributed by atoms with Gasteiger partial charge >= 0.3 is 0 Å².